The second-order valence-electron chi connectivity index (χ2n) is 3.75. The van der Waals surface area contributed by atoms with Gasteiger partial charge in [0.25, 0.3) is 0 Å². The van der Waals surface area contributed by atoms with Crippen LogP contribution in [0.3, 0.4) is 0 Å². The van der Waals surface area contributed by atoms with Crippen LogP contribution >= 0.6 is 0 Å². The van der Waals surface area contributed by atoms with Crippen LogP contribution in [0.15, 0.2) is 6.07 Å². The Morgan fingerprint density at radius 3 is 2.36 bits per heavy atom. The second-order valence-corrected chi connectivity index (χ2v) is 3.75. The Hall–Kier alpha value is -1.04. The van der Waals surface area contributed by atoms with Gasteiger partial charge in [-0.25, -0.2) is 0 Å². The molecule has 1 rings (SSSR count). The fraction of sp³-hybridized carbons (Fsp3) is 0.625. The number of rotatable bonds is 2. The third-order valence-corrected chi connectivity index (χ3v) is 2.09. The summed E-state index contributed by atoms with van der Waals surface area (Å²) < 4.78 is 36.6. The highest BCUT2D eigenvalue weighted by molar-refractivity contribution is 5.19. The predicted octanol–water partition coefficient (Wildman–Crippen LogP) is 1.66. The van der Waals surface area contributed by atoms with E-state index in [4.69, 9.17) is 5.73 Å². The van der Waals surface area contributed by atoms with Crippen LogP contribution in [0.2, 0.25) is 0 Å². The van der Waals surface area contributed by atoms with Crippen LogP contribution in [0.1, 0.15) is 25.2 Å². The third kappa shape index (κ3) is 2.06. The number of hydrogen-bond donors (Lipinski definition) is 2. The van der Waals surface area contributed by atoms with Gasteiger partial charge in [0.15, 0.2) is 0 Å². The monoisotopic (exact) mass is 207 g/mol. The van der Waals surface area contributed by atoms with Crippen molar-refractivity contribution in [1.82, 2.24) is 10.2 Å². The number of aromatic nitrogens is 2. The van der Waals surface area contributed by atoms with Crippen molar-refractivity contribution in [3.63, 3.8) is 0 Å². The number of nitrogens with zero attached hydrogens (tertiary/aromatic N) is 1. The topological polar surface area (TPSA) is 54.7 Å². The van der Waals surface area contributed by atoms with Gasteiger partial charge in [0.05, 0.1) is 5.69 Å². The van der Waals surface area contributed by atoms with Gasteiger partial charge in [-0.2, -0.15) is 18.3 Å². The van der Waals surface area contributed by atoms with E-state index in [2.05, 4.69) is 5.10 Å². The molecule has 0 saturated carbocycles. The molecule has 6 heteroatoms. The summed E-state index contributed by atoms with van der Waals surface area (Å²) in [5.74, 6) is 0. The molecule has 0 fully saturated rings. The maximum Gasteiger partial charge on any atom is 0.432 e. The summed E-state index contributed by atoms with van der Waals surface area (Å²) in [5.41, 5.74) is 4.37. The molecule has 0 radical (unpaired) electrons. The van der Waals surface area contributed by atoms with Crippen LogP contribution in [0.25, 0.3) is 0 Å². The highest BCUT2D eigenvalue weighted by Gasteiger charge is 2.34. The van der Waals surface area contributed by atoms with Crippen LogP contribution < -0.4 is 5.73 Å². The summed E-state index contributed by atoms with van der Waals surface area (Å²) in [6.45, 7) is 3.72. The molecule has 0 aliphatic rings. The van der Waals surface area contributed by atoms with Gasteiger partial charge in [0.1, 0.15) is 5.69 Å². The number of halogens is 3. The van der Waals surface area contributed by atoms with Crippen molar-refractivity contribution in [2.45, 2.75) is 25.4 Å². The van der Waals surface area contributed by atoms with Gasteiger partial charge >= 0.3 is 6.18 Å². The molecule has 0 aliphatic heterocycles. The van der Waals surface area contributed by atoms with E-state index in [0.717, 1.165) is 6.07 Å². The molecule has 0 spiro atoms. The van der Waals surface area contributed by atoms with Crippen LogP contribution in [-0.4, -0.2) is 16.7 Å². The minimum atomic E-state index is -4.38. The van der Waals surface area contributed by atoms with Gasteiger partial charge in [0, 0.05) is 12.0 Å². The van der Waals surface area contributed by atoms with Gasteiger partial charge in [-0.15, -0.1) is 0 Å². The summed E-state index contributed by atoms with van der Waals surface area (Å²) in [6.07, 6.45) is -4.38. The number of nitrogens with one attached hydrogen (secondary N) is 1. The zero-order valence-corrected chi connectivity index (χ0v) is 7.94. The molecule has 0 unspecified atom stereocenters. The SMILES string of the molecule is CC(C)(CN)c1cc(C(F)(F)F)[nH]n1. The summed E-state index contributed by atoms with van der Waals surface area (Å²) in [4.78, 5) is 0. The minimum Gasteiger partial charge on any atom is -0.330 e. The Morgan fingerprint density at radius 1 is 1.43 bits per heavy atom. The van der Waals surface area contributed by atoms with Gasteiger partial charge in [-0.1, -0.05) is 13.8 Å². The summed E-state index contributed by atoms with van der Waals surface area (Å²) in [7, 11) is 0. The summed E-state index contributed by atoms with van der Waals surface area (Å²) in [6, 6.07) is 0.993. The molecule has 14 heavy (non-hydrogen) atoms. The zero-order chi connectivity index (χ0) is 11.0. The van der Waals surface area contributed by atoms with E-state index in [1.54, 1.807) is 13.8 Å². The maximum atomic E-state index is 12.2. The zero-order valence-electron chi connectivity index (χ0n) is 7.94. The molecular formula is C8H12F3N3. The van der Waals surface area contributed by atoms with Crippen molar-refractivity contribution >= 4 is 0 Å². The molecular weight excluding hydrogens is 195 g/mol. The Morgan fingerprint density at radius 2 is 2.00 bits per heavy atom. The summed E-state index contributed by atoms with van der Waals surface area (Å²) in [5, 5.41) is 5.56. The van der Waals surface area contributed by atoms with E-state index >= 15 is 0 Å². The fourth-order valence-electron chi connectivity index (χ4n) is 0.918. The molecule has 1 aromatic rings. The average Bonchev–Trinajstić information content (AvgIpc) is 2.51. The van der Waals surface area contributed by atoms with Crippen molar-refractivity contribution in [2.24, 2.45) is 5.73 Å². The Bertz CT molecular complexity index is 314. The highest BCUT2D eigenvalue weighted by atomic mass is 19.4. The maximum absolute atomic E-state index is 12.2. The van der Waals surface area contributed by atoms with Crippen LogP contribution in [0.5, 0.6) is 0 Å². The van der Waals surface area contributed by atoms with Crippen molar-refractivity contribution in [3.8, 4) is 0 Å². The van der Waals surface area contributed by atoms with Crippen molar-refractivity contribution in [2.75, 3.05) is 6.54 Å². The smallest absolute Gasteiger partial charge is 0.330 e. The molecule has 0 aromatic carbocycles. The first kappa shape index (κ1) is 11.0. The largest absolute Gasteiger partial charge is 0.432 e. The fourth-order valence-corrected chi connectivity index (χ4v) is 0.918. The molecule has 80 valence electrons. The Labute approximate surface area is 79.5 Å². The molecule has 3 nitrogen and oxygen atoms in total. The van der Waals surface area contributed by atoms with E-state index in [0.29, 0.717) is 5.69 Å². The first-order chi connectivity index (χ1) is 6.27. The number of nitrogens with two attached hydrogens (primary N) is 1. The van der Waals surface area contributed by atoms with Crippen molar-refractivity contribution in [3.05, 3.63) is 17.5 Å². The molecule has 0 aliphatic carbocycles. The number of hydrogen-bond acceptors (Lipinski definition) is 2. The standard InChI is InChI=1S/C8H12F3N3/c1-7(2,4-12)5-3-6(14-13-5)8(9,10)11/h3H,4,12H2,1-2H3,(H,13,14). The number of aromatic amines is 1. The summed E-state index contributed by atoms with van der Waals surface area (Å²) >= 11 is 0. The molecule has 1 heterocycles. The van der Waals surface area contributed by atoms with Gasteiger partial charge in [-0.05, 0) is 6.07 Å². The Kier molecular flexibility index (Phi) is 2.58. The normalized spacial score (nSPS) is 13.3. The van der Waals surface area contributed by atoms with Crippen LogP contribution in [0, 0.1) is 0 Å². The van der Waals surface area contributed by atoms with E-state index < -0.39 is 17.3 Å². The molecule has 0 saturated heterocycles. The first-order valence-corrected chi connectivity index (χ1v) is 4.10. The molecule has 0 bridgehead atoms. The Balaban J connectivity index is 3.00. The van der Waals surface area contributed by atoms with E-state index in [1.807, 2.05) is 5.10 Å². The van der Waals surface area contributed by atoms with E-state index in [-0.39, 0.29) is 6.54 Å². The predicted molar refractivity (Wildman–Crippen MR) is 45.7 cm³/mol. The lowest BCUT2D eigenvalue weighted by atomic mass is 9.89. The molecule has 1 aromatic heterocycles. The number of H-pyrrole nitrogens is 1. The first-order valence-electron chi connectivity index (χ1n) is 4.10. The van der Waals surface area contributed by atoms with Crippen LogP contribution in [-0.2, 0) is 11.6 Å². The highest BCUT2D eigenvalue weighted by Crippen LogP contribution is 2.30. The van der Waals surface area contributed by atoms with Gasteiger partial charge < -0.3 is 5.73 Å². The van der Waals surface area contributed by atoms with Crippen molar-refractivity contribution in [1.29, 1.82) is 0 Å². The molecule has 3 N–H and O–H groups in total. The quantitative estimate of drug-likeness (QED) is 0.774. The van der Waals surface area contributed by atoms with Gasteiger partial charge in [-0.3, -0.25) is 5.10 Å². The van der Waals surface area contributed by atoms with Crippen molar-refractivity contribution < 1.29 is 13.2 Å². The van der Waals surface area contributed by atoms with E-state index in [1.165, 1.54) is 0 Å². The minimum absolute atomic E-state index is 0.245. The lowest BCUT2D eigenvalue weighted by Crippen LogP contribution is -2.28. The van der Waals surface area contributed by atoms with Gasteiger partial charge in [0.2, 0.25) is 0 Å². The lowest BCUT2D eigenvalue weighted by Gasteiger charge is -2.18. The lowest BCUT2D eigenvalue weighted by molar-refractivity contribution is -0.141. The number of alkyl halides is 3. The van der Waals surface area contributed by atoms with E-state index in [9.17, 15) is 13.2 Å². The molecule has 0 atom stereocenters. The molecule has 0 amide bonds. The second kappa shape index (κ2) is 3.27. The van der Waals surface area contributed by atoms with Crippen LogP contribution in [0.4, 0.5) is 13.2 Å². The third-order valence-electron chi connectivity index (χ3n) is 2.09. The average molecular weight is 207 g/mol.